The molecule has 3 aromatic rings. The lowest BCUT2D eigenvalue weighted by molar-refractivity contribution is -0.384. The molecule has 0 radical (unpaired) electrons. The third-order valence-electron chi connectivity index (χ3n) is 3.93. The largest absolute Gasteiger partial charge is 0.320 e. The summed E-state index contributed by atoms with van der Waals surface area (Å²) in [7, 11) is 0. The molecule has 1 amide bonds. The number of nitro groups is 1. The molecule has 1 heterocycles. The first-order valence-corrected chi connectivity index (χ1v) is 7.30. The Morgan fingerprint density at radius 3 is 2.62 bits per heavy atom. The molecule has 0 atom stereocenters. The van der Waals surface area contributed by atoms with Gasteiger partial charge in [-0.15, -0.1) is 0 Å². The summed E-state index contributed by atoms with van der Waals surface area (Å²) in [5.74, 6) is -0.363. The Morgan fingerprint density at radius 2 is 1.79 bits per heavy atom. The van der Waals surface area contributed by atoms with E-state index in [2.05, 4.69) is 10.3 Å². The molecule has 0 aromatic heterocycles. The highest BCUT2D eigenvalue weighted by Crippen LogP contribution is 2.31. The van der Waals surface area contributed by atoms with Crippen molar-refractivity contribution in [2.45, 2.75) is 0 Å². The van der Waals surface area contributed by atoms with Gasteiger partial charge in [-0.1, -0.05) is 36.4 Å². The van der Waals surface area contributed by atoms with E-state index in [-0.39, 0.29) is 17.3 Å². The summed E-state index contributed by atoms with van der Waals surface area (Å²) in [6, 6.07) is 17.6. The van der Waals surface area contributed by atoms with Crippen LogP contribution in [0.2, 0.25) is 0 Å². The molecule has 6 heteroatoms. The van der Waals surface area contributed by atoms with Crippen molar-refractivity contribution in [2.24, 2.45) is 4.99 Å². The maximum absolute atomic E-state index is 12.2. The Morgan fingerprint density at radius 1 is 1.00 bits per heavy atom. The van der Waals surface area contributed by atoms with Gasteiger partial charge >= 0.3 is 0 Å². The molecule has 1 N–H and O–H groups in total. The van der Waals surface area contributed by atoms with Crippen LogP contribution in [0.25, 0.3) is 10.8 Å². The van der Waals surface area contributed by atoms with Gasteiger partial charge in [-0.2, -0.15) is 0 Å². The molecule has 0 aliphatic carbocycles. The first-order valence-electron chi connectivity index (χ1n) is 7.30. The second kappa shape index (κ2) is 5.27. The fraction of sp³-hybridized carbons (Fsp3) is 0. The zero-order chi connectivity index (χ0) is 16.7. The van der Waals surface area contributed by atoms with Gasteiger partial charge in [0.25, 0.3) is 11.6 Å². The van der Waals surface area contributed by atoms with Crippen LogP contribution in [0.3, 0.4) is 0 Å². The highest BCUT2D eigenvalue weighted by atomic mass is 16.6. The van der Waals surface area contributed by atoms with E-state index in [4.69, 9.17) is 0 Å². The summed E-state index contributed by atoms with van der Waals surface area (Å²) < 4.78 is 0. The number of non-ortho nitro benzene ring substituents is 1. The number of nitro benzene ring substituents is 1. The van der Waals surface area contributed by atoms with E-state index in [0.717, 1.165) is 10.8 Å². The SMILES string of the molecule is O=C1Nc2ccc([N+](=O)[O-])cc2C1=Nc1cccc2ccccc12. The molecule has 0 saturated heterocycles. The first kappa shape index (κ1) is 14.1. The fourth-order valence-corrected chi connectivity index (χ4v) is 2.79. The third kappa shape index (κ3) is 2.21. The summed E-state index contributed by atoms with van der Waals surface area (Å²) in [6.45, 7) is 0. The fourth-order valence-electron chi connectivity index (χ4n) is 2.79. The van der Waals surface area contributed by atoms with Crippen molar-refractivity contribution in [1.29, 1.82) is 0 Å². The predicted molar refractivity (Wildman–Crippen MR) is 91.9 cm³/mol. The maximum Gasteiger partial charge on any atom is 0.275 e. The van der Waals surface area contributed by atoms with Gasteiger partial charge in [0.2, 0.25) is 0 Å². The van der Waals surface area contributed by atoms with E-state index in [9.17, 15) is 14.9 Å². The van der Waals surface area contributed by atoms with Gasteiger partial charge in [-0.25, -0.2) is 4.99 Å². The van der Waals surface area contributed by atoms with E-state index in [0.29, 0.717) is 16.9 Å². The number of carbonyl (C=O) groups excluding carboxylic acids is 1. The lowest BCUT2D eigenvalue weighted by atomic mass is 10.1. The Bertz CT molecular complexity index is 1040. The third-order valence-corrected chi connectivity index (χ3v) is 3.93. The quantitative estimate of drug-likeness (QED) is 0.576. The minimum atomic E-state index is -0.487. The number of carbonyl (C=O) groups is 1. The molecule has 0 bridgehead atoms. The van der Waals surface area contributed by atoms with Crippen LogP contribution in [0.1, 0.15) is 5.56 Å². The van der Waals surface area contributed by atoms with Gasteiger partial charge in [0, 0.05) is 23.1 Å². The maximum atomic E-state index is 12.2. The molecule has 116 valence electrons. The molecule has 1 aliphatic heterocycles. The average Bonchev–Trinajstić information content (AvgIpc) is 2.90. The molecule has 6 nitrogen and oxygen atoms in total. The molecular formula is C18H11N3O3. The van der Waals surface area contributed by atoms with Crippen LogP contribution < -0.4 is 5.32 Å². The number of aliphatic imine (C=N–C) groups is 1. The van der Waals surface area contributed by atoms with Crippen LogP contribution in [-0.2, 0) is 4.79 Å². The van der Waals surface area contributed by atoms with Crippen LogP contribution in [0.5, 0.6) is 0 Å². The second-order valence-corrected chi connectivity index (χ2v) is 5.40. The van der Waals surface area contributed by atoms with Crippen LogP contribution in [-0.4, -0.2) is 16.5 Å². The monoisotopic (exact) mass is 317 g/mol. The summed E-state index contributed by atoms with van der Waals surface area (Å²) >= 11 is 0. The number of nitrogens with one attached hydrogen (secondary N) is 1. The molecule has 3 aromatic carbocycles. The van der Waals surface area contributed by atoms with Gasteiger partial charge in [-0.3, -0.25) is 14.9 Å². The number of fused-ring (bicyclic) bond motifs is 2. The second-order valence-electron chi connectivity index (χ2n) is 5.40. The van der Waals surface area contributed by atoms with Crippen LogP contribution in [0.15, 0.2) is 65.7 Å². The zero-order valence-electron chi connectivity index (χ0n) is 12.4. The molecular weight excluding hydrogens is 306 g/mol. The lowest BCUT2D eigenvalue weighted by Crippen LogP contribution is -2.13. The van der Waals surface area contributed by atoms with Crippen molar-refractivity contribution in [3.05, 3.63) is 76.3 Å². The summed E-state index contributed by atoms with van der Waals surface area (Å²) in [5.41, 5.74) is 1.74. The number of amides is 1. The molecule has 1 aliphatic rings. The summed E-state index contributed by atoms with van der Waals surface area (Å²) in [4.78, 5) is 27.2. The van der Waals surface area contributed by atoms with E-state index in [1.165, 1.54) is 18.2 Å². The number of hydrogen-bond acceptors (Lipinski definition) is 4. The molecule has 0 unspecified atom stereocenters. The van der Waals surface area contributed by atoms with Crippen LogP contribution in [0.4, 0.5) is 17.1 Å². The zero-order valence-corrected chi connectivity index (χ0v) is 12.4. The minimum Gasteiger partial charge on any atom is -0.320 e. The predicted octanol–water partition coefficient (Wildman–Crippen LogP) is 3.82. The van der Waals surface area contributed by atoms with Crippen molar-refractivity contribution < 1.29 is 9.72 Å². The summed E-state index contributed by atoms with van der Waals surface area (Å²) in [6.07, 6.45) is 0. The van der Waals surface area contributed by atoms with Crippen molar-refractivity contribution >= 4 is 39.5 Å². The molecule has 0 saturated carbocycles. The standard InChI is InChI=1S/C18H11N3O3/c22-18-17(14-10-12(21(23)24)8-9-16(14)20-18)19-15-7-3-5-11-4-1-2-6-13(11)15/h1-10H,(H,19,20,22). The molecule has 4 rings (SSSR count). The van der Waals surface area contributed by atoms with Crippen molar-refractivity contribution in [3.8, 4) is 0 Å². The van der Waals surface area contributed by atoms with Gasteiger partial charge in [0.1, 0.15) is 5.71 Å². The summed E-state index contributed by atoms with van der Waals surface area (Å²) in [5, 5.41) is 15.6. The van der Waals surface area contributed by atoms with Crippen molar-refractivity contribution in [1.82, 2.24) is 0 Å². The molecule has 0 spiro atoms. The number of rotatable bonds is 2. The van der Waals surface area contributed by atoms with E-state index >= 15 is 0 Å². The number of nitrogens with zero attached hydrogens (tertiary/aromatic N) is 2. The van der Waals surface area contributed by atoms with E-state index in [1.807, 2.05) is 42.5 Å². The Labute approximate surface area is 136 Å². The van der Waals surface area contributed by atoms with Crippen molar-refractivity contribution in [2.75, 3.05) is 5.32 Å². The first-order chi connectivity index (χ1) is 11.6. The van der Waals surface area contributed by atoms with Gasteiger partial charge in [0.05, 0.1) is 16.3 Å². The Kier molecular flexibility index (Phi) is 3.09. The van der Waals surface area contributed by atoms with Gasteiger partial charge < -0.3 is 5.32 Å². The van der Waals surface area contributed by atoms with E-state index < -0.39 is 4.92 Å². The minimum absolute atomic E-state index is 0.0733. The highest BCUT2D eigenvalue weighted by Gasteiger charge is 2.28. The van der Waals surface area contributed by atoms with Gasteiger partial charge in [-0.05, 0) is 17.5 Å². The average molecular weight is 317 g/mol. The normalized spacial score (nSPS) is 14.7. The smallest absolute Gasteiger partial charge is 0.275 e. The molecule has 24 heavy (non-hydrogen) atoms. The van der Waals surface area contributed by atoms with Crippen LogP contribution >= 0.6 is 0 Å². The number of hydrogen-bond donors (Lipinski definition) is 1. The Hall–Kier alpha value is -3.54. The molecule has 0 fully saturated rings. The highest BCUT2D eigenvalue weighted by molar-refractivity contribution is 6.54. The number of anilines is 1. The topological polar surface area (TPSA) is 84.6 Å². The Balaban J connectivity index is 1.91. The lowest BCUT2D eigenvalue weighted by Gasteiger charge is -2.03. The van der Waals surface area contributed by atoms with Crippen molar-refractivity contribution in [3.63, 3.8) is 0 Å². The van der Waals surface area contributed by atoms with Gasteiger partial charge in [0.15, 0.2) is 0 Å². The number of benzene rings is 3. The van der Waals surface area contributed by atoms with Crippen LogP contribution in [0, 0.1) is 10.1 Å². The van der Waals surface area contributed by atoms with E-state index in [1.54, 1.807) is 0 Å².